The van der Waals surface area contributed by atoms with Gasteiger partial charge in [-0.25, -0.2) is 4.98 Å². The number of aryl methyl sites for hydroxylation is 1. The molecule has 0 bridgehead atoms. The Bertz CT molecular complexity index is 1120. The van der Waals surface area contributed by atoms with E-state index in [1.165, 1.54) is 0 Å². The fraction of sp³-hybridized carbons (Fsp3) is 0.318. The van der Waals surface area contributed by atoms with Crippen molar-refractivity contribution in [3.05, 3.63) is 65.6 Å². The van der Waals surface area contributed by atoms with Crippen molar-refractivity contribution in [3.8, 4) is 0 Å². The molecule has 5 rings (SSSR count). The Morgan fingerprint density at radius 2 is 1.96 bits per heavy atom. The summed E-state index contributed by atoms with van der Waals surface area (Å²) in [6.45, 7) is 3.02. The second-order valence-electron chi connectivity index (χ2n) is 7.86. The Morgan fingerprint density at radius 3 is 2.82 bits per heavy atom. The molecule has 0 radical (unpaired) electrons. The fourth-order valence-corrected chi connectivity index (χ4v) is 4.77. The largest absolute Gasteiger partial charge is 0.337 e. The lowest BCUT2D eigenvalue weighted by Crippen LogP contribution is -2.53. The van der Waals surface area contributed by atoms with Gasteiger partial charge in [-0.05, 0) is 43.5 Å². The third-order valence-corrected chi connectivity index (χ3v) is 6.09. The maximum atomic E-state index is 13.3. The van der Waals surface area contributed by atoms with Gasteiger partial charge in [0.05, 0.1) is 16.7 Å². The highest BCUT2D eigenvalue weighted by Crippen LogP contribution is 2.46. The number of likely N-dealkylation sites (tertiary alicyclic amines) is 1. The molecular formula is C22H22N4O2. The summed E-state index contributed by atoms with van der Waals surface area (Å²) < 4.78 is 1.88. The number of likely N-dealkylation sites (N-methyl/N-ethyl adjacent to an activating group) is 1. The standard InChI is InChI=1S/C22H22N4O2/c1-15-12-26-13-16(8-9-19(26)23-15)20(27)25-11-5-10-22(14-25)17-6-3-4-7-18(17)24(2)21(22)28/h3-4,6-9,12-13H,5,10-11,14H2,1-2H3/t22-/m0/s1. The summed E-state index contributed by atoms with van der Waals surface area (Å²) in [7, 11) is 1.83. The van der Waals surface area contributed by atoms with E-state index in [1.807, 2.05) is 72.1 Å². The molecule has 6 heteroatoms. The molecule has 1 fully saturated rings. The molecule has 1 atom stereocenters. The molecule has 2 aromatic heterocycles. The molecule has 2 aliphatic rings. The second kappa shape index (κ2) is 5.92. The van der Waals surface area contributed by atoms with Crippen molar-refractivity contribution in [3.63, 3.8) is 0 Å². The Kier molecular flexibility index (Phi) is 3.59. The average Bonchev–Trinajstić information content (AvgIpc) is 3.19. The Hall–Kier alpha value is -3.15. The Morgan fingerprint density at radius 1 is 1.14 bits per heavy atom. The van der Waals surface area contributed by atoms with Crippen LogP contribution in [0.1, 0.15) is 34.5 Å². The molecule has 6 nitrogen and oxygen atoms in total. The topological polar surface area (TPSA) is 57.9 Å². The van der Waals surface area contributed by atoms with E-state index < -0.39 is 5.41 Å². The lowest BCUT2D eigenvalue weighted by molar-refractivity contribution is -0.124. The van der Waals surface area contributed by atoms with Crippen molar-refractivity contribution >= 4 is 23.1 Å². The van der Waals surface area contributed by atoms with Gasteiger partial charge in [0, 0.05) is 38.2 Å². The van der Waals surface area contributed by atoms with Crippen molar-refractivity contribution in [2.45, 2.75) is 25.2 Å². The minimum absolute atomic E-state index is 0.0350. The van der Waals surface area contributed by atoms with Crippen LogP contribution in [0.4, 0.5) is 5.69 Å². The monoisotopic (exact) mass is 374 g/mol. The molecule has 1 saturated heterocycles. The van der Waals surface area contributed by atoms with Crippen LogP contribution >= 0.6 is 0 Å². The first-order chi connectivity index (χ1) is 13.5. The molecule has 0 unspecified atom stereocenters. The number of imidazole rings is 1. The zero-order chi connectivity index (χ0) is 19.5. The smallest absolute Gasteiger partial charge is 0.255 e. The van der Waals surface area contributed by atoms with E-state index in [2.05, 4.69) is 4.98 Å². The maximum absolute atomic E-state index is 13.3. The molecule has 0 aliphatic carbocycles. The van der Waals surface area contributed by atoms with Crippen LogP contribution in [0.25, 0.3) is 5.65 Å². The minimum atomic E-state index is -0.630. The summed E-state index contributed by atoms with van der Waals surface area (Å²) in [5.74, 6) is 0.0547. The molecule has 142 valence electrons. The van der Waals surface area contributed by atoms with Gasteiger partial charge in [-0.1, -0.05) is 18.2 Å². The molecule has 0 saturated carbocycles. The maximum Gasteiger partial charge on any atom is 0.255 e. The number of nitrogens with zero attached hydrogens (tertiary/aromatic N) is 4. The lowest BCUT2D eigenvalue weighted by Gasteiger charge is -2.39. The van der Waals surface area contributed by atoms with Gasteiger partial charge in [-0.2, -0.15) is 0 Å². The molecule has 4 heterocycles. The summed E-state index contributed by atoms with van der Waals surface area (Å²) in [6.07, 6.45) is 5.33. The lowest BCUT2D eigenvalue weighted by atomic mass is 9.75. The van der Waals surface area contributed by atoms with Crippen molar-refractivity contribution in [1.82, 2.24) is 14.3 Å². The number of hydrogen-bond donors (Lipinski definition) is 0. The van der Waals surface area contributed by atoms with E-state index >= 15 is 0 Å². The molecular weight excluding hydrogens is 352 g/mol. The van der Waals surface area contributed by atoms with Crippen molar-refractivity contribution in [2.75, 3.05) is 25.0 Å². The van der Waals surface area contributed by atoms with Gasteiger partial charge >= 0.3 is 0 Å². The van der Waals surface area contributed by atoms with E-state index in [9.17, 15) is 9.59 Å². The van der Waals surface area contributed by atoms with Gasteiger partial charge in [0.1, 0.15) is 5.65 Å². The Labute approximate surface area is 163 Å². The number of amides is 2. The molecule has 1 spiro atoms. The zero-order valence-corrected chi connectivity index (χ0v) is 16.1. The van der Waals surface area contributed by atoms with E-state index in [0.29, 0.717) is 18.7 Å². The van der Waals surface area contributed by atoms with Crippen molar-refractivity contribution in [1.29, 1.82) is 0 Å². The third kappa shape index (κ3) is 2.30. The number of rotatable bonds is 1. The van der Waals surface area contributed by atoms with Crippen LogP contribution < -0.4 is 4.90 Å². The number of carbonyl (C=O) groups is 2. The number of para-hydroxylation sites is 1. The van der Waals surface area contributed by atoms with Crippen molar-refractivity contribution in [2.24, 2.45) is 0 Å². The van der Waals surface area contributed by atoms with Gasteiger partial charge < -0.3 is 14.2 Å². The normalized spacial score (nSPS) is 21.6. The second-order valence-corrected chi connectivity index (χ2v) is 7.86. The fourth-order valence-electron chi connectivity index (χ4n) is 4.77. The van der Waals surface area contributed by atoms with Crippen LogP contribution in [0, 0.1) is 6.92 Å². The van der Waals surface area contributed by atoms with E-state index in [-0.39, 0.29) is 11.8 Å². The van der Waals surface area contributed by atoms with Crippen molar-refractivity contribution < 1.29 is 9.59 Å². The number of fused-ring (bicyclic) bond motifs is 3. The van der Waals surface area contributed by atoms with Gasteiger partial charge in [-0.3, -0.25) is 9.59 Å². The molecule has 0 N–H and O–H groups in total. The van der Waals surface area contributed by atoms with E-state index in [4.69, 9.17) is 0 Å². The molecule has 1 aromatic carbocycles. The van der Waals surface area contributed by atoms with Gasteiger partial charge in [0.15, 0.2) is 0 Å². The minimum Gasteiger partial charge on any atom is -0.337 e. The SMILES string of the molecule is Cc1cn2cc(C(=O)N3CCC[C@@]4(C3)C(=O)N(C)c3ccccc34)ccc2n1. The van der Waals surface area contributed by atoms with Crippen LogP contribution in [0.15, 0.2) is 48.8 Å². The highest BCUT2D eigenvalue weighted by atomic mass is 16.2. The van der Waals surface area contributed by atoms with Crippen LogP contribution in [-0.2, 0) is 10.2 Å². The van der Waals surface area contributed by atoms with Crippen LogP contribution in [0.5, 0.6) is 0 Å². The first-order valence-corrected chi connectivity index (χ1v) is 9.62. The molecule has 3 aromatic rings. The van der Waals surface area contributed by atoms with Gasteiger partial charge in [0.2, 0.25) is 5.91 Å². The summed E-state index contributed by atoms with van der Waals surface area (Å²) in [5.41, 5.74) is 3.73. The summed E-state index contributed by atoms with van der Waals surface area (Å²) in [4.78, 5) is 34.4. The first kappa shape index (κ1) is 17.0. The number of pyridine rings is 1. The zero-order valence-electron chi connectivity index (χ0n) is 16.1. The predicted molar refractivity (Wildman–Crippen MR) is 107 cm³/mol. The summed E-state index contributed by atoms with van der Waals surface area (Å²) in [6, 6.07) is 11.6. The van der Waals surface area contributed by atoms with Crippen LogP contribution in [-0.4, -0.2) is 46.2 Å². The average molecular weight is 374 g/mol. The first-order valence-electron chi connectivity index (χ1n) is 9.62. The van der Waals surface area contributed by atoms with E-state index in [0.717, 1.165) is 35.4 Å². The number of hydrogen-bond acceptors (Lipinski definition) is 3. The number of carbonyl (C=O) groups excluding carboxylic acids is 2. The Balaban J connectivity index is 1.50. The highest BCUT2D eigenvalue weighted by Gasteiger charge is 2.52. The van der Waals surface area contributed by atoms with E-state index in [1.54, 1.807) is 4.90 Å². The molecule has 2 amide bonds. The number of aromatic nitrogens is 2. The van der Waals surface area contributed by atoms with Crippen LogP contribution in [0.2, 0.25) is 0 Å². The quantitative estimate of drug-likeness (QED) is 0.658. The molecule has 2 aliphatic heterocycles. The highest BCUT2D eigenvalue weighted by molar-refractivity contribution is 6.08. The van der Waals surface area contributed by atoms with Crippen LogP contribution in [0.3, 0.4) is 0 Å². The van der Waals surface area contributed by atoms with Gasteiger partial charge in [-0.15, -0.1) is 0 Å². The number of benzene rings is 1. The predicted octanol–water partition coefficient (Wildman–Crippen LogP) is 2.79. The number of piperidine rings is 1. The summed E-state index contributed by atoms with van der Waals surface area (Å²) >= 11 is 0. The third-order valence-electron chi connectivity index (χ3n) is 6.09. The number of anilines is 1. The molecule has 28 heavy (non-hydrogen) atoms. The summed E-state index contributed by atoms with van der Waals surface area (Å²) in [5, 5.41) is 0. The van der Waals surface area contributed by atoms with Gasteiger partial charge in [0.25, 0.3) is 5.91 Å².